The lowest BCUT2D eigenvalue weighted by Crippen LogP contribution is -2.12. The van der Waals surface area contributed by atoms with Gasteiger partial charge >= 0.3 is 0 Å². The number of benzene rings is 5. The van der Waals surface area contributed by atoms with E-state index in [9.17, 15) is 0 Å². The van der Waals surface area contributed by atoms with Crippen LogP contribution in [-0.4, -0.2) is 19.8 Å². The molecule has 3 nitrogen and oxygen atoms in total. The normalized spacial score (nSPS) is 17.5. The van der Waals surface area contributed by atoms with Gasteiger partial charge in [0.25, 0.3) is 0 Å². The highest BCUT2D eigenvalue weighted by molar-refractivity contribution is 8.04. The molecule has 0 spiro atoms. The minimum atomic E-state index is 1.04. The molecule has 8 rings (SSSR count). The molecule has 0 saturated heterocycles. The van der Waals surface area contributed by atoms with Crippen molar-refractivity contribution in [3.05, 3.63) is 130 Å². The Morgan fingerprint density at radius 1 is 0.634 bits per heavy atom. The third-order valence-electron chi connectivity index (χ3n) is 8.16. The van der Waals surface area contributed by atoms with Gasteiger partial charge in [-0.1, -0.05) is 102 Å². The van der Waals surface area contributed by atoms with Gasteiger partial charge in [0.05, 0.1) is 27.1 Å². The van der Waals surface area contributed by atoms with Crippen molar-refractivity contribution in [2.45, 2.75) is 16.7 Å². The van der Waals surface area contributed by atoms with E-state index in [4.69, 9.17) is 4.99 Å². The second-order valence-electron chi connectivity index (χ2n) is 10.6. The first kappa shape index (κ1) is 24.6. The van der Waals surface area contributed by atoms with Crippen LogP contribution in [0.1, 0.15) is 12.5 Å². The van der Waals surface area contributed by atoms with E-state index in [1.165, 1.54) is 69.5 Å². The van der Waals surface area contributed by atoms with Gasteiger partial charge in [-0.05, 0) is 53.6 Å². The van der Waals surface area contributed by atoms with E-state index in [-0.39, 0.29) is 0 Å². The second-order valence-corrected chi connectivity index (χ2v) is 12.7. The Morgan fingerprint density at radius 3 is 1.73 bits per heavy atom. The number of anilines is 2. The van der Waals surface area contributed by atoms with Gasteiger partial charge in [0.15, 0.2) is 0 Å². The molecule has 0 saturated carbocycles. The third kappa shape index (κ3) is 3.87. The molecule has 0 amide bonds. The largest absolute Gasteiger partial charge is 0.338 e. The SMILES string of the molecule is CC1=Nc2ccccc2C1=C(C=C1Sc2ccc3ccccc3c2N1C)C=C1Sc2ccc3ccccc3c2N1C. The molecule has 3 aliphatic heterocycles. The zero-order valence-electron chi connectivity index (χ0n) is 23.1. The van der Waals surface area contributed by atoms with Crippen LogP contribution in [0.4, 0.5) is 17.1 Å². The molecule has 0 aliphatic carbocycles. The molecule has 0 atom stereocenters. The number of thioether (sulfide) groups is 2. The molecular formula is C36H27N3S2. The first-order chi connectivity index (χ1) is 20.1. The molecule has 0 unspecified atom stereocenters. The van der Waals surface area contributed by atoms with Crippen LogP contribution >= 0.6 is 23.5 Å². The molecule has 0 N–H and O–H groups in total. The lowest BCUT2D eigenvalue weighted by Gasteiger charge is -2.18. The van der Waals surface area contributed by atoms with Gasteiger partial charge in [-0.2, -0.15) is 0 Å². The Balaban J connectivity index is 1.30. The molecule has 5 heteroatoms. The standard InChI is InChI=1S/C36H27N3S2/c1-22-34(28-14-8-9-15-29(28)37-22)25(20-32-38(2)35-26-12-6-4-10-23(26)16-18-30(35)40-32)21-33-39(3)36-27-13-7-5-11-24(27)17-19-31(36)41-33/h4-21H,1-3H3. The van der Waals surface area contributed by atoms with Crippen LogP contribution in [0.3, 0.4) is 0 Å². The fourth-order valence-electron chi connectivity index (χ4n) is 6.19. The summed E-state index contributed by atoms with van der Waals surface area (Å²) in [7, 11) is 4.38. The smallest absolute Gasteiger partial charge is 0.0805 e. The molecule has 0 fully saturated rings. The van der Waals surface area contributed by atoms with Gasteiger partial charge in [-0.3, -0.25) is 4.99 Å². The van der Waals surface area contributed by atoms with Crippen LogP contribution < -0.4 is 9.80 Å². The molecule has 5 aromatic carbocycles. The average molecular weight is 566 g/mol. The van der Waals surface area contributed by atoms with Crippen molar-refractivity contribution < 1.29 is 0 Å². The number of hydrogen-bond donors (Lipinski definition) is 0. The first-order valence-electron chi connectivity index (χ1n) is 13.8. The molecule has 0 radical (unpaired) electrons. The van der Waals surface area contributed by atoms with Crippen LogP contribution in [0.5, 0.6) is 0 Å². The second kappa shape index (κ2) is 9.44. The maximum absolute atomic E-state index is 4.96. The number of aliphatic imine (C=N–C) groups is 1. The Labute approximate surface area is 248 Å². The minimum Gasteiger partial charge on any atom is -0.338 e. The van der Waals surface area contributed by atoms with Crippen LogP contribution in [0.15, 0.2) is 140 Å². The molecular weight excluding hydrogens is 539 g/mol. The zero-order valence-corrected chi connectivity index (χ0v) is 24.7. The van der Waals surface area contributed by atoms with Crippen molar-refractivity contribution in [3.8, 4) is 0 Å². The lowest BCUT2D eigenvalue weighted by molar-refractivity contribution is 1.18. The molecule has 198 valence electrons. The minimum absolute atomic E-state index is 1.04. The van der Waals surface area contributed by atoms with E-state index in [1.807, 2.05) is 23.5 Å². The van der Waals surface area contributed by atoms with Crippen LogP contribution in [0.2, 0.25) is 0 Å². The summed E-state index contributed by atoms with van der Waals surface area (Å²) in [6, 6.07) is 34.8. The van der Waals surface area contributed by atoms with Crippen molar-refractivity contribution in [1.29, 1.82) is 0 Å². The molecule has 0 aromatic heterocycles. The van der Waals surface area contributed by atoms with Crippen molar-refractivity contribution >= 4 is 73.4 Å². The first-order valence-corrected chi connectivity index (χ1v) is 15.4. The summed E-state index contributed by atoms with van der Waals surface area (Å²) in [5, 5.41) is 7.52. The summed E-state index contributed by atoms with van der Waals surface area (Å²) in [5.41, 5.74) is 8.21. The fraction of sp³-hybridized carbons (Fsp3) is 0.0833. The molecule has 5 aromatic rings. The van der Waals surface area contributed by atoms with Crippen molar-refractivity contribution in [1.82, 2.24) is 0 Å². The maximum Gasteiger partial charge on any atom is 0.0805 e. The van der Waals surface area contributed by atoms with Crippen LogP contribution in [-0.2, 0) is 0 Å². The van der Waals surface area contributed by atoms with E-state index in [1.54, 1.807) is 0 Å². The molecule has 3 aliphatic rings. The highest BCUT2D eigenvalue weighted by atomic mass is 32.2. The van der Waals surface area contributed by atoms with Gasteiger partial charge < -0.3 is 9.80 Å². The van der Waals surface area contributed by atoms with Gasteiger partial charge in [-0.15, -0.1) is 0 Å². The summed E-state index contributed by atoms with van der Waals surface area (Å²) in [5.74, 6) is 0. The molecule has 41 heavy (non-hydrogen) atoms. The van der Waals surface area contributed by atoms with Gasteiger partial charge in [0, 0.05) is 51.5 Å². The Hall–Kier alpha value is -4.19. The van der Waals surface area contributed by atoms with Crippen LogP contribution in [0, 0.1) is 0 Å². The highest BCUT2D eigenvalue weighted by Gasteiger charge is 2.29. The van der Waals surface area contributed by atoms with E-state index in [0.29, 0.717) is 0 Å². The Morgan fingerprint density at radius 2 is 1.15 bits per heavy atom. The number of nitrogens with zero attached hydrogens (tertiary/aromatic N) is 3. The zero-order chi connectivity index (χ0) is 27.7. The number of para-hydroxylation sites is 1. The number of rotatable bonds is 2. The van der Waals surface area contributed by atoms with E-state index in [0.717, 1.165) is 11.4 Å². The van der Waals surface area contributed by atoms with Crippen LogP contribution in [0.25, 0.3) is 27.1 Å². The molecule has 3 heterocycles. The third-order valence-corrected chi connectivity index (χ3v) is 10.5. The fourth-order valence-corrected chi connectivity index (χ4v) is 8.43. The van der Waals surface area contributed by atoms with E-state index >= 15 is 0 Å². The maximum atomic E-state index is 4.96. The van der Waals surface area contributed by atoms with Gasteiger partial charge in [0.2, 0.25) is 0 Å². The highest BCUT2D eigenvalue weighted by Crippen LogP contribution is 2.52. The number of allylic oxidation sites excluding steroid dienone is 4. The summed E-state index contributed by atoms with van der Waals surface area (Å²) < 4.78 is 0. The number of fused-ring (bicyclic) bond motifs is 7. The van der Waals surface area contributed by atoms with E-state index < -0.39 is 0 Å². The Bertz CT molecular complexity index is 1940. The van der Waals surface area contributed by atoms with E-state index in [2.05, 4.69) is 140 Å². The predicted octanol–water partition coefficient (Wildman–Crippen LogP) is 10.0. The lowest BCUT2D eigenvalue weighted by atomic mass is 9.97. The summed E-state index contributed by atoms with van der Waals surface area (Å²) in [6.45, 7) is 2.13. The van der Waals surface area contributed by atoms with Crippen molar-refractivity contribution in [3.63, 3.8) is 0 Å². The van der Waals surface area contributed by atoms with Gasteiger partial charge in [0.1, 0.15) is 0 Å². The average Bonchev–Trinajstić information content (AvgIpc) is 3.62. The van der Waals surface area contributed by atoms with Gasteiger partial charge in [-0.25, -0.2) is 0 Å². The Kier molecular flexibility index (Phi) is 5.66. The summed E-state index contributed by atoms with van der Waals surface area (Å²) >= 11 is 3.68. The molecule has 0 bridgehead atoms. The quantitative estimate of drug-likeness (QED) is 0.212. The number of hydrogen-bond acceptors (Lipinski definition) is 5. The summed E-state index contributed by atoms with van der Waals surface area (Å²) in [4.78, 5) is 12.2. The predicted molar refractivity (Wildman–Crippen MR) is 179 cm³/mol. The van der Waals surface area contributed by atoms with Crippen molar-refractivity contribution in [2.24, 2.45) is 4.99 Å². The summed E-state index contributed by atoms with van der Waals surface area (Å²) in [6.07, 6.45) is 4.72. The van der Waals surface area contributed by atoms with Crippen molar-refractivity contribution in [2.75, 3.05) is 23.9 Å². The monoisotopic (exact) mass is 565 g/mol. The topological polar surface area (TPSA) is 18.8 Å².